The van der Waals surface area contributed by atoms with Crippen LogP contribution in [0.15, 0.2) is 29.6 Å². The van der Waals surface area contributed by atoms with Crippen molar-refractivity contribution in [3.63, 3.8) is 0 Å². The van der Waals surface area contributed by atoms with Crippen LogP contribution in [0.2, 0.25) is 0 Å². The number of hydrogen-bond acceptors (Lipinski definition) is 3. The lowest BCUT2D eigenvalue weighted by Gasteiger charge is -2.27. The highest BCUT2D eigenvalue weighted by Crippen LogP contribution is 2.32. The molecule has 1 N–H and O–H groups in total. The molecule has 0 unspecified atom stereocenters. The Labute approximate surface area is 161 Å². The van der Waals surface area contributed by atoms with Crippen LogP contribution >= 0.6 is 11.3 Å². The van der Waals surface area contributed by atoms with E-state index in [9.17, 15) is 4.79 Å². The second-order valence-electron chi connectivity index (χ2n) is 7.54. The van der Waals surface area contributed by atoms with E-state index in [2.05, 4.69) is 36.7 Å². The molecule has 3 rings (SSSR count). The quantitative estimate of drug-likeness (QED) is 0.676. The normalized spacial score (nSPS) is 20.1. The second-order valence-corrected chi connectivity index (χ2v) is 8.39. The highest BCUT2D eigenvalue weighted by molar-refractivity contribution is 7.13. The number of thiazole rings is 1. The molecule has 1 aromatic carbocycles. The van der Waals surface area contributed by atoms with Gasteiger partial charge in [0.15, 0.2) is 0 Å². The zero-order chi connectivity index (χ0) is 18.4. The van der Waals surface area contributed by atoms with Gasteiger partial charge in [0, 0.05) is 16.9 Å². The molecule has 0 saturated heterocycles. The van der Waals surface area contributed by atoms with Gasteiger partial charge in [-0.25, -0.2) is 4.98 Å². The van der Waals surface area contributed by atoms with Gasteiger partial charge >= 0.3 is 0 Å². The topological polar surface area (TPSA) is 42.0 Å². The second kappa shape index (κ2) is 9.31. The summed E-state index contributed by atoms with van der Waals surface area (Å²) in [5.74, 6) is 1.25. The van der Waals surface area contributed by atoms with Crippen LogP contribution in [0.4, 0.5) is 0 Å². The van der Waals surface area contributed by atoms with Crippen LogP contribution in [0.5, 0.6) is 0 Å². The molecule has 1 aliphatic carbocycles. The van der Waals surface area contributed by atoms with Crippen molar-refractivity contribution in [3.05, 3.63) is 40.9 Å². The van der Waals surface area contributed by atoms with E-state index in [1.54, 1.807) is 11.3 Å². The molecule has 0 atom stereocenters. The maximum absolute atomic E-state index is 12.5. The van der Waals surface area contributed by atoms with Crippen LogP contribution in [-0.4, -0.2) is 10.9 Å². The Bertz CT molecular complexity index is 716. The Morgan fingerprint density at radius 2 is 2.00 bits per heavy atom. The lowest BCUT2D eigenvalue weighted by molar-refractivity contribution is -0.126. The summed E-state index contributed by atoms with van der Waals surface area (Å²) in [6.07, 6.45) is 8.47. The lowest BCUT2D eigenvalue weighted by atomic mass is 9.79. The fourth-order valence-electron chi connectivity index (χ4n) is 3.85. The molecule has 26 heavy (non-hydrogen) atoms. The Kier molecular flexibility index (Phi) is 6.84. The van der Waals surface area contributed by atoms with Crippen molar-refractivity contribution < 1.29 is 4.79 Å². The first kappa shape index (κ1) is 19.1. The molecule has 1 heterocycles. The zero-order valence-electron chi connectivity index (χ0n) is 16.0. The molecular weight excluding hydrogens is 340 g/mol. The third kappa shape index (κ3) is 4.94. The number of aromatic nitrogens is 1. The molecule has 1 saturated carbocycles. The number of nitrogens with zero attached hydrogens (tertiary/aromatic N) is 1. The first-order valence-corrected chi connectivity index (χ1v) is 10.8. The van der Waals surface area contributed by atoms with Crippen molar-refractivity contribution in [2.24, 2.45) is 11.8 Å². The minimum atomic E-state index is 0.197. The maximum atomic E-state index is 12.5. The summed E-state index contributed by atoms with van der Waals surface area (Å²) in [7, 11) is 0. The van der Waals surface area contributed by atoms with E-state index in [1.165, 1.54) is 43.2 Å². The van der Waals surface area contributed by atoms with E-state index < -0.39 is 0 Å². The van der Waals surface area contributed by atoms with Crippen LogP contribution in [0.3, 0.4) is 0 Å². The number of benzene rings is 1. The third-order valence-corrected chi connectivity index (χ3v) is 6.48. The van der Waals surface area contributed by atoms with Crippen LogP contribution in [0.25, 0.3) is 10.6 Å². The minimum absolute atomic E-state index is 0.197. The monoisotopic (exact) mass is 370 g/mol. The van der Waals surface area contributed by atoms with Gasteiger partial charge in [0.05, 0.1) is 12.2 Å². The number of unbranched alkanes of at least 4 members (excludes halogenated alkanes) is 1. The SMILES string of the molecule is CCCCC1CCC(C(=O)NCc2csc(-c3ccccc3C)n2)CC1. The molecule has 3 nitrogen and oxygen atoms in total. The molecule has 0 bridgehead atoms. The van der Waals surface area contributed by atoms with Gasteiger partial charge < -0.3 is 5.32 Å². The van der Waals surface area contributed by atoms with E-state index in [4.69, 9.17) is 4.98 Å². The van der Waals surface area contributed by atoms with Crippen molar-refractivity contribution >= 4 is 17.2 Å². The largest absolute Gasteiger partial charge is 0.350 e. The number of rotatable bonds is 7. The minimum Gasteiger partial charge on any atom is -0.350 e. The van der Waals surface area contributed by atoms with Crippen molar-refractivity contribution in [1.29, 1.82) is 0 Å². The lowest BCUT2D eigenvalue weighted by Crippen LogP contribution is -2.32. The summed E-state index contributed by atoms with van der Waals surface area (Å²) in [5, 5.41) is 6.20. The first-order valence-electron chi connectivity index (χ1n) is 9.95. The number of amides is 1. The Hall–Kier alpha value is -1.68. The van der Waals surface area contributed by atoms with Gasteiger partial charge in [-0.1, -0.05) is 50.5 Å². The molecule has 140 valence electrons. The van der Waals surface area contributed by atoms with Crippen LogP contribution in [0.1, 0.15) is 63.1 Å². The number of nitrogens with one attached hydrogen (secondary N) is 1. The summed E-state index contributed by atoms with van der Waals surface area (Å²) in [6, 6.07) is 8.30. The van der Waals surface area contributed by atoms with Crippen molar-refractivity contribution in [3.8, 4) is 10.6 Å². The first-order chi connectivity index (χ1) is 12.7. The van der Waals surface area contributed by atoms with Gasteiger partial charge in [0.1, 0.15) is 5.01 Å². The summed E-state index contributed by atoms with van der Waals surface area (Å²) >= 11 is 1.65. The summed E-state index contributed by atoms with van der Waals surface area (Å²) in [6.45, 7) is 4.90. The van der Waals surface area contributed by atoms with Gasteiger partial charge in [-0.15, -0.1) is 11.3 Å². The Morgan fingerprint density at radius 3 is 2.73 bits per heavy atom. The summed E-state index contributed by atoms with van der Waals surface area (Å²) in [5.41, 5.74) is 3.37. The Balaban J connectivity index is 1.48. The molecule has 4 heteroatoms. The smallest absolute Gasteiger partial charge is 0.223 e. The molecule has 1 aliphatic rings. The van der Waals surface area contributed by atoms with Gasteiger partial charge in [0.25, 0.3) is 0 Å². The fraction of sp³-hybridized carbons (Fsp3) is 0.545. The van der Waals surface area contributed by atoms with Gasteiger partial charge in [0.2, 0.25) is 5.91 Å². The third-order valence-electron chi connectivity index (χ3n) is 5.55. The van der Waals surface area contributed by atoms with Crippen LogP contribution < -0.4 is 5.32 Å². The molecule has 0 spiro atoms. The highest BCUT2D eigenvalue weighted by atomic mass is 32.1. The van der Waals surface area contributed by atoms with Gasteiger partial charge in [-0.2, -0.15) is 0 Å². The molecule has 0 aliphatic heterocycles. The number of carbonyl (C=O) groups excluding carboxylic acids is 1. The zero-order valence-corrected chi connectivity index (χ0v) is 16.8. The van der Waals surface area contributed by atoms with Crippen molar-refractivity contribution in [2.45, 2.75) is 65.3 Å². The van der Waals surface area contributed by atoms with E-state index in [-0.39, 0.29) is 11.8 Å². The molecule has 1 amide bonds. The molecule has 1 fully saturated rings. The van der Waals surface area contributed by atoms with Crippen molar-refractivity contribution in [2.75, 3.05) is 0 Å². The average molecular weight is 371 g/mol. The predicted molar refractivity (Wildman–Crippen MR) is 109 cm³/mol. The molecular formula is C22H30N2OS. The maximum Gasteiger partial charge on any atom is 0.223 e. The van der Waals surface area contributed by atoms with Gasteiger partial charge in [-0.05, 0) is 44.1 Å². The van der Waals surface area contributed by atoms with E-state index >= 15 is 0 Å². The Morgan fingerprint density at radius 1 is 1.23 bits per heavy atom. The average Bonchev–Trinajstić information content (AvgIpc) is 3.14. The fourth-order valence-corrected chi connectivity index (χ4v) is 4.76. The molecule has 0 radical (unpaired) electrons. The van der Waals surface area contributed by atoms with E-state index in [0.717, 1.165) is 29.5 Å². The summed E-state index contributed by atoms with van der Waals surface area (Å²) in [4.78, 5) is 17.2. The predicted octanol–water partition coefficient (Wildman–Crippen LogP) is 5.73. The van der Waals surface area contributed by atoms with E-state index in [1.807, 2.05) is 12.1 Å². The molecule has 1 aromatic heterocycles. The number of carbonyl (C=O) groups is 1. The van der Waals surface area contributed by atoms with Crippen molar-refractivity contribution in [1.82, 2.24) is 10.3 Å². The molecule has 2 aromatic rings. The number of aryl methyl sites for hydroxylation is 1. The van der Waals surface area contributed by atoms with Crippen LogP contribution in [-0.2, 0) is 11.3 Å². The van der Waals surface area contributed by atoms with Gasteiger partial charge in [-0.3, -0.25) is 4.79 Å². The highest BCUT2D eigenvalue weighted by Gasteiger charge is 2.25. The summed E-state index contributed by atoms with van der Waals surface area (Å²) < 4.78 is 0. The van der Waals surface area contributed by atoms with E-state index in [0.29, 0.717) is 6.54 Å². The number of hydrogen-bond donors (Lipinski definition) is 1. The standard InChI is InChI=1S/C22H30N2OS/c1-3-4-8-17-10-12-18(13-11-17)21(25)23-14-19-15-26-22(24-19)20-9-6-5-7-16(20)2/h5-7,9,15,17-18H,3-4,8,10-14H2,1-2H3,(H,23,25). The van der Waals surface area contributed by atoms with Crippen LogP contribution in [0, 0.1) is 18.8 Å².